The lowest BCUT2D eigenvalue weighted by Crippen LogP contribution is -2.48. The number of fused-ring (bicyclic) bond motifs is 1. The Labute approximate surface area is 220 Å². The Hall–Kier alpha value is -3.85. The summed E-state index contributed by atoms with van der Waals surface area (Å²) < 4.78 is 1.67. The number of aromatic nitrogens is 2. The molecule has 1 saturated heterocycles. The number of nitrogens with zero attached hydrogens (tertiary/aromatic N) is 4. The van der Waals surface area contributed by atoms with Crippen LogP contribution in [0.15, 0.2) is 60.8 Å². The molecule has 4 amide bonds. The number of piperidine rings is 1. The highest BCUT2D eigenvalue weighted by atomic mass is 35.5. The number of urea groups is 1. The monoisotopic (exact) mass is 520 g/mol. The molecule has 2 aliphatic rings. The largest absolute Gasteiger partial charge is 0.342 e. The van der Waals surface area contributed by atoms with Crippen LogP contribution in [-0.2, 0) is 11.3 Å². The Morgan fingerprint density at radius 1 is 1.08 bits per heavy atom. The van der Waals surface area contributed by atoms with E-state index in [0.717, 1.165) is 24.1 Å². The lowest BCUT2D eigenvalue weighted by molar-refractivity contribution is -0.133. The van der Waals surface area contributed by atoms with Crippen molar-refractivity contribution in [1.82, 2.24) is 24.7 Å². The fourth-order valence-electron chi connectivity index (χ4n) is 5.05. The summed E-state index contributed by atoms with van der Waals surface area (Å²) >= 11 is 5.93. The number of benzene rings is 2. The number of hydrogen-bond donors (Lipinski definition) is 2. The van der Waals surface area contributed by atoms with E-state index in [-0.39, 0.29) is 24.4 Å². The molecule has 0 spiro atoms. The molecular weight excluding hydrogens is 492 g/mol. The van der Waals surface area contributed by atoms with Gasteiger partial charge in [-0.15, -0.1) is 0 Å². The number of halogens is 1. The van der Waals surface area contributed by atoms with Gasteiger partial charge in [0.15, 0.2) is 0 Å². The summed E-state index contributed by atoms with van der Waals surface area (Å²) in [5.41, 5.74) is 2.37. The summed E-state index contributed by atoms with van der Waals surface area (Å²) in [5, 5.41) is 6.32. The van der Waals surface area contributed by atoms with E-state index in [0.29, 0.717) is 36.2 Å². The molecule has 1 fully saturated rings. The molecule has 2 N–H and O–H groups in total. The average Bonchev–Trinajstić information content (AvgIpc) is 3.44. The van der Waals surface area contributed by atoms with Crippen molar-refractivity contribution in [2.75, 3.05) is 18.4 Å². The van der Waals surface area contributed by atoms with E-state index in [1.807, 2.05) is 47.1 Å². The molecule has 3 heterocycles. The molecule has 9 nitrogen and oxygen atoms in total. The molecule has 1 unspecified atom stereocenters. The van der Waals surface area contributed by atoms with Crippen molar-refractivity contribution in [1.29, 1.82) is 0 Å². The van der Waals surface area contributed by atoms with Gasteiger partial charge in [-0.2, -0.15) is 0 Å². The maximum Gasteiger partial charge on any atom is 0.330 e. The van der Waals surface area contributed by atoms with Crippen LogP contribution < -0.4 is 10.6 Å². The van der Waals surface area contributed by atoms with Crippen LogP contribution in [-0.4, -0.2) is 56.5 Å². The van der Waals surface area contributed by atoms with Gasteiger partial charge in [0.1, 0.15) is 5.82 Å². The van der Waals surface area contributed by atoms with E-state index < -0.39 is 12.1 Å². The number of likely N-dealkylation sites (tertiary alicyclic amines) is 1. The molecule has 37 heavy (non-hydrogen) atoms. The van der Waals surface area contributed by atoms with E-state index in [2.05, 4.69) is 15.6 Å². The first-order valence-corrected chi connectivity index (χ1v) is 12.8. The Morgan fingerprint density at radius 3 is 2.46 bits per heavy atom. The predicted octanol–water partition coefficient (Wildman–Crippen LogP) is 4.57. The number of nitrogens with one attached hydrogen (secondary N) is 2. The predicted molar refractivity (Wildman–Crippen MR) is 140 cm³/mol. The van der Waals surface area contributed by atoms with Gasteiger partial charge in [-0.1, -0.05) is 41.9 Å². The van der Waals surface area contributed by atoms with Crippen molar-refractivity contribution < 1.29 is 14.4 Å². The van der Waals surface area contributed by atoms with Crippen LogP contribution in [0.4, 0.5) is 15.3 Å². The Balaban J connectivity index is 1.19. The molecule has 1 aromatic heterocycles. The number of imidazole rings is 1. The number of carbonyl (C=O) groups is 3. The lowest BCUT2D eigenvalue weighted by atomic mass is 10.00. The first kappa shape index (κ1) is 24.8. The van der Waals surface area contributed by atoms with Gasteiger partial charge < -0.3 is 20.4 Å². The molecular formula is C27H29ClN6O3. The molecule has 192 valence electrons. The minimum atomic E-state index is -0.486. The van der Waals surface area contributed by atoms with Gasteiger partial charge in [-0.3, -0.25) is 9.36 Å². The van der Waals surface area contributed by atoms with Gasteiger partial charge in [-0.05, 0) is 49.6 Å². The van der Waals surface area contributed by atoms with Crippen LogP contribution in [0.1, 0.15) is 42.4 Å². The van der Waals surface area contributed by atoms with E-state index >= 15 is 0 Å². The van der Waals surface area contributed by atoms with Gasteiger partial charge in [0.2, 0.25) is 5.91 Å². The second kappa shape index (κ2) is 10.6. The Morgan fingerprint density at radius 2 is 1.78 bits per heavy atom. The van der Waals surface area contributed by atoms with Crippen LogP contribution >= 0.6 is 11.6 Å². The highest BCUT2D eigenvalue weighted by molar-refractivity contribution is 6.30. The minimum absolute atomic E-state index is 0.0295. The minimum Gasteiger partial charge on any atom is -0.342 e. The zero-order chi connectivity index (χ0) is 25.9. The summed E-state index contributed by atoms with van der Waals surface area (Å²) in [6.45, 7) is 3.52. The fourth-order valence-corrected chi connectivity index (χ4v) is 5.17. The molecule has 0 bridgehead atoms. The Bertz CT molecular complexity index is 1290. The molecule has 5 rings (SSSR count). The van der Waals surface area contributed by atoms with Crippen LogP contribution in [0.5, 0.6) is 0 Å². The average molecular weight is 521 g/mol. The third-order valence-corrected chi connectivity index (χ3v) is 7.28. The van der Waals surface area contributed by atoms with Crippen LogP contribution in [0, 0.1) is 6.92 Å². The van der Waals surface area contributed by atoms with Gasteiger partial charge in [0.25, 0.3) is 0 Å². The normalized spacial score (nSPS) is 16.4. The Kier molecular flexibility index (Phi) is 7.14. The topological polar surface area (TPSA) is 99.6 Å². The highest BCUT2D eigenvalue weighted by Crippen LogP contribution is 2.27. The summed E-state index contributed by atoms with van der Waals surface area (Å²) in [6, 6.07) is 15.5. The molecule has 0 radical (unpaired) electrons. The number of carbonyl (C=O) groups excluding carboxylic acids is 3. The molecule has 3 aromatic rings. The van der Waals surface area contributed by atoms with Gasteiger partial charge in [0, 0.05) is 29.8 Å². The van der Waals surface area contributed by atoms with Crippen molar-refractivity contribution in [2.45, 2.75) is 44.8 Å². The zero-order valence-corrected chi connectivity index (χ0v) is 21.3. The number of rotatable bonds is 6. The second-order valence-corrected chi connectivity index (χ2v) is 9.86. The first-order chi connectivity index (χ1) is 17.9. The number of aryl methyl sites for hydroxylation is 1. The fraction of sp³-hybridized carbons (Fsp3) is 0.333. The quantitative estimate of drug-likeness (QED) is 0.497. The van der Waals surface area contributed by atoms with E-state index in [9.17, 15) is 14.4 Å². The number of amides is 4. The van der Waals surface area contributed by atoms with Gasteiger partial charge >= 0.3 is 12.1 Å². The van der Waals surface area contributed by atoms with Crippen LogP contribution in [0.2, 0.25) is 5.02 Å². The third kappa shape index (κ3) is 5.46. The van der Waals surface area contributed by atoms with Crippen LogP contribution in [0.25, 0.3) is 0 Å². The highest BCUT2D eigenvalue weighted by Gasteiger charge is 2.36. The van der Waals surface area contributed by atoms with Crippen LogP contribution in [0.3, 0.4) is 0 Å². The van der Waals surface area contributed by atoms with E-state index in [4.69, 9.17) is 11.6 Å². The summed E-state index contributed by atoms with van der Waals surface area (Å²) in [4.78, 5) is 46.8. The van der Waals surface area contributed by atoms with Gasteiger partial charge in [-0.25, -0.2) is 14.6 Å². The maximum atomic E-state index is 13.3. The zero-order valence-electron chi connectivity index (χ0n) is 20.6. The molecule has 10 heteroatoms. The molecule has 1 atom stereocenters. The van der Waals surface area contributed by atoms with Crippen molar-refractivity contribution in [2.24, 2.45) is 0 Å². The molecule has 2 aliphatic heterocycles. The molecule has 0 saturated carbocycles. The van der Waals surface area contributed by atoms with Crippen molar-refractivity contribution in [3.63, 3.8) is 0 Å². The standard InChI is InChI=1S/C27H29ClN6O3/c1-18-29-16-23-17-33(27(37)34(18)23)22-11-13-32(14-12-22)25(35)15-24(19-5-3-2-4-6-19)31-26(36)30-21-9-7-20(28)8-10-21/h2-10,16,22,24H,11-15,17H2,1H3,(H2,30,31,36). The first-order valence-electron chi connectivity index (χ1n) is 12.4. The number of hydrogen-bond acceptors (Lipinski definition) is 4. The second-order valence-electron chi connectivity index (χ2n) is 9.43. The molecule has 0 aliphatic carbocycles. The SMILES string of the molecule is Cc1ncc2n1C(=O)N(C1CCN(C(=O)CC(NC(=O)Nc3ccc(Cl)cc3)c3ccccc3)CC1)C2. The summed E-state index contributed by atoms with van der Waals surface area (Å²) in [6.07, 6.45) is 3.33. The maximum absolute atomic E-state index is 13.3. The summed E-state index contributed by atoms with van der Waals surface area (Å²) in [5.74, 6) is 0.674. The lowest BCUT2D eigenvalue weighted by Gasteiger charge is -2.37. The van der Waals surface area contributed by atoms with Crippen molar-refractivity contribution in [3.05, 3.63) is 82.9 Å². The third-order valence-electron chi connectivity index (χ3n) is 7.03. The van der Waals surface area contributed by atoms with Gasteiger partial charge in [0.05, 0.1) is 30.9 Å². The number of anilines is 1. The van der Waals surface area contributed by atoms with Crippen molar-refractivity contribution >= 4 is 35.3 Å². The van der Waals surface area contributed by atoms with Crippen molar-refractivity contribution in [3.8, 4) is 0 Å². The van der Waals surface area contributed by atoms with E-state index in [1.165, 1.54) is 0 Å². The summed E-state index contributed by atoms with van der Waals surface area (Å²) in [7, 11) is 0. The smallest absolute Gasteiger partial charge is 0.330 e. The van der Waals surface area contributed by atoms with E-state index in [1.54, 1.807) is 35.0 Å². The molecule has 2 aromatic carbocycles.